The summed E-state index contributed by atoms with van der Waals surface area (Å²) in [4.78, 5) is 5.00. The average molecular weight is 1210 g/mol. The Bertz CT molecular complexity index is 5360. The Labute approximate surface area is 549 Å². The molecule has 452 valence electrons. The smallest absolute Gasteiger partial charge is 0.159 e. The first-order valence-corrected chi connectivity index (χ1v) is 33.1. The van der Waals surface area contributed by atoms with Crippen molar-refractivity contribution in [2.24, 2.45) is 0 Å². The third kappa shape index (κ3) is 8.87. The van der Waals surface area contributed by atoms with Crippen molar-refractivity contribution in [3.8, 4) is 66.8 Å². The van der Waals surface area contributed by atoms with Crippen molar-refractivity contribution in [3.63, 3.8) is 0 Å². The molecule has 0 atom stereocenters. The molecule has 0 amide bonds. The van der Waals surface area contributed by atoms with Crippen LogP contribution in [-0.4, -0.2) is 0 Å². The van der Waals surface area contributed by atoms with Crippen molar-refractivity contribution in [2.45, 2.75) is 67.2 Å². The van der Waals surface area contributed by atoms with Crippen LogP contribution in [0.5, 0.6) is 0 Å². The first-order valence-electron chi connectivity index (χ1n) is 33.1. The van der Waals surface area contributed by atoms with Gasteiger partial charge in [0.25, 0.3) is 0 Å². The highest BCUT2D eigenvalue weighted by Crippen LogP contribution is 2.66. The molecule has 16 aromatic rings. The summed E-state index contributed by atoms with van der Waals surface area (Å²) in [6.45, 7) is 18.1. The predicted molar refractivity (Wildman–Crippen MR) is 399 cm³/mol. The van der Waals surface area contributed by atoms with Gasteiger partial charge in [-0.3, -0.25) is 0 Å². The summed E-state index contributed by atoms with van der Waals surface area (Å²) in [5.41, 5.74) is 31.5. The first-order chi connectivity index (χ1) is 46.0. The van der Waals surface area contributed by atoms with E-state index >= 15 is 0 Å². The van der Waals surface area contributed by atoms with Crippen molar-refractivity contribution in [1.29, 1.82) is 0 Å². The average Bonchev–Trinajstić information content (AvgIpc) is 0.794. The number of fused-ring (bicyclic) bond motifs is 12. The second kappa shape index (κ2) is 22.3. The van der Waals surface area contributed by atoms with E-state index in [2.05, 4.69) is 332 Å². The van der Waals surface area contributed by atoms with Crippen molar-refractivity contribution in [1.82, 2.24) is 0 Å². The number of benzene rings is 14. The monoisotopic (exact) mass is 1210 g/mol. The van der Waals surface area contributed by atoms with Crippen LogP contribution < -0.4 is 9.80 Å². The van der Waals surface area contributed by atoms with E-state index in [9.17, 15) is 0 Å². The molecule has 0 radical (unpaired) electrons. The lowest BCUT2D eigenvalue weighted by molar-refractivity contribution is 0.668. The number of para-hydroxylation sites is 2. The molecule has 0 fully saturated rings. The maximum atomic E-state index is 7.07. The number of hydrogen-bond acceptors (Lipinski definition) is 4. The third-order valence-electron chi connectivity index (χ3n) is 20.0. The molecule has 0 unspecified atom stereocenters. The zero-order valence-corrected chi connectivity index (χ0v) is 54.3. The minimum absolute atomic E-state index is 0.308. The van der Waals surface area contributed by atoms with Crippen LogP contribution in [-0.2, 0) is 0 Å². The lowest BCUT2D eigenvalue weighted by Crippen LogP contribution is -2.15. The van der Waals surface area contributed by atoms with Gasteiger partial charge in [-0.15, -0.1) is 0 Å². The Hall–Kier alpha value is -11.2. The van der Waals surface area contributed by atoms with Gasteiger partial charge in [0.05, 0.1) is 11.4 Å². The zero-order valence-electron chi connectivity index (χ0n) is 54.3. The van der Waals surface area contributed by atoms with Gasteiger partial charge in [-0.05, 0) is 210 Å². The van der Waals surface area contributed by atoms with Crippen LogP contribution in [0, 0.1) is 27.7 Å². The number of rotatable bonds is 12. The Balaban J connectivity index is 1.02. The summed E-state index contributed by atoms with van der Waals surface area (Å²) in [5, 5.41) is 9.10. The molecule has 2 aromatic heterocycles. The first kappa shape index (κ1) is 56.8. The van der Waals surface area contributed by atoms with E-state index in [1.165, 1.54) is 99.4 Å². The van der Waals surface area contributed by atoms with Gasteiger partial charge in [0.1, 0.15) is 11.2 Å². The van der Waals surface area contributed by atoms with E-state index in [0.29, 0.717) is 11.8 Å². The van der Waals surface area contributed by atoms with Crippen molar-refractivity contribution in [3.05, 3.63) is 300 Å². The highest BCUT2D eigenvalue weighted by atomic mass is 16.3. The number of hydrogen-bond donors (Lipinski definition) is 0. The van der Waals surface area contributed by atoms with E-state index in [0.717, 1.165) is 100 Å². The van der Waals surface area contributed by atoms with E-state index in [4.69, 9.17) is 8.83 Å². The molecule has 1 aliphatic rings. The van der Waals surface area contributed by atoms with Crippen LogP contribution in [0.4, 0.5) is 34.1 Å². The molecule has 4 heteroatoms. The topological polar surface area (TPSA) is 32.8 Å². The minimum atomic E-state index is 0.308. The summed E-state index contributed by atoms with van der Waals surface area (Å²) >= 11 is 0. The van der Waals surface area contributed by atoms with Crippen molar-refractivity contribution in [2.75, 3.05) is 9.80 Å². The molecule has 1 aliphatic carbocycles. The van der Waals surface area contributed by atoms with Crippen LogP contribution in [0.1, 0.15) is 72.9 Å². The van der Waals surface area contributed by atoms with Crippen LogP contribution >= 0.6 is 0 Å². The predicted octanol–water partition coefficient (Wildman–Crippen LogP) is 26.5. The molecule has 0 aliphatic heterocycles. The van der Waals surface area contributed by atoms with Crippen LogP contribution in [0.2, 0.25) is 0 Å². The molecule has 2 heterocycles. The largest absolute Gasteiger partial charge is 0.454 e. The van der Waals surface area contributed by atoms with Crippen LogP contribution in [0.3, 0.4) is 0 Å². The summed E-state index contributed by atoms with van der Waals surface area (Å²) in [6, 6.07) is 99.2. The highest BCUT2D eigenvalue weighted by molar-refractivity contribution is 6.33. The molecule has 0 saturated carbocycles. The molecular formula is C90H70N2O2. The summed E-state index contributed by atoms with van der Waals surface area (Å²) in [7, 11) is 0. The number of nitrogens with zero attached hydrogens (tertiary/aromatic N) is 2. The van der Waals surface area contributed by atoms with E-state index < -0.39 is 0 Å². The highest BCUT2D eigenvalue weighted by Gasteiger charge is 2.40. The van der Waals surface area contributed by atoms with E-state index in [1.807, 2.05) is 0 Å². The summed E-state index contributed by atoms with van der Waals surface area (Å²) < 4.78 is 14.1. The maximum Gasteiger partial charge on any atom is 0.159 e. The molecule has 14 aromatic carbocycles. The van der Waals surface area contributed by atoms with Gasteiger partial charge in [0.15, 0.2) is 11.2 Å². The van der Waals surface area contributed by atoms with Crippen molar-refractivity contribution < 1.29 is 8.83 Å². The fourth-order valence-corrected chi connectivity index (χ4v) is 15.3. The lowest BCUT2D eigenvalue weighted by atomic mass is 9.65. The number of anilines is 6. The fourth-order valence-electron chi connectivity index (χ4n) is 15.3. The number of furan rings is 2. The van der Waals surface area contributed by atoms with Gasteiger partial charge in [-0.2, -0.15) is 0 Å². The molecule has 0 spiro atoms. The van der Waals surface area contributed by atoms with Gasteiger partial charge >= 0.3 is 0 Å². The van der Waals surface area contributed by atoms with E-state index in [-0.39, 0.29) is 0 Å². The van der Waals surface area contributed by atoms with Gasteiger partial charge in [0, 0.05) is 44.3 Å². The lowest BCUT2D eigenvalue weighted by Gasteiger charge is -2.38. The Kier molecular flexibility index (Phi) is 13.5. The quantitative estimate of drug-likeness (QED) is 0.122. The third-order valence-corrected chi connectivity index (χ3v) is 20.0. The molecular weight excluding hydrogens is 1140 g/mol. The molecule has 4 nitrogen and oxygen atoms in total. The molecule has 0 bridgehead atoms. The SMILES string of the molecule is Cc1ccc(C(C)C)cc1N(c1ccc2c(-c3ccccc3)c3c(c(-c4ccccc4)c2c1)-c1c-3c(-c2ccccc2)c2ccc(N(c3cc(C(C)C)ccc3C)c3c(C)ccc4c3oc3ccccc34)cc2c1-c1ccccc1)c1c(C)ccc2c1oc1ccccc12. The summed E-state index contributed by atoms with van der Waals surface area (Å²) in [5.74, 6) is 0.617. The van der Waals surface area contributed by atoms with Gasteiger partial charge < -0.3 is 18.6 Å². The van der Waals surface area contributed by atoms with Crippen LogP contribution in [0.25, 0.3) is 132 Å². The second-order valence-corrected chi connectivity index (χ2v) is 26.4. The zero-order chi connectivity index (χ0) is 63.6. The Morgan fingerprint density at radius 2 is 0.564 bits per heavy atom. The Morgan fingerprint density at radius 3 is 0.915 bits per heavy atom. The molecule has 0 saturated heterocycles. The molecule has 94 heavy (non-hydrogen) atoms. The Morgan fingerprint density at radius 1 is 0.255 bits per heavy atom. The van der Waals surface area contributed by atoms with Gasteiger partial charge in [-0.1, -0.05) is 246 Å². The van der Waals surface area contributed by atoms with Gasteiger partial charge in [-0.25, -0.2) is 0 Å². The second-order valence-electron chi connectivity index (χ2n) is 26.4. The fraction of sp³-hybridized carbons (Fsp3) is 0.111. The summed E-state index contributed by atoms with van der Waals surface area (Å²) in [6.07, 6.45) is 0. The maximum absolute atomic E-state index is 7.07. The standard InChI is InChI=1S/C90H70N2O2/c1-53(2)63-41-37-55(5)75(49-63)91(87-57(7)39-45-71-67-33-21-23-35-77(67)93-89(71)87)65-43-47-69-73(51-65)81(61-29-17-11-18-30-61)85-83(79(69)59-25-13-9-14-26-59)84-80(60-27-15-10-16-28-60)70-48-44-66(52-74(70)82(86(84)85)62-31-19-12-20-32-62)92(76-50-64(54(3)4)42-38-56(76)6)88-58(8)40-46-72-68-34-22-24-36-78(68)94-90(72)88/h9-54H,1-8H3. The number of aryl methyl sites for hydroxylation is 4. The van der Waals surface area contributed by atoms with E-state index in [1.54, 1.807) is 0 Å². The normalized spacial score (nSPS) is 12.0. The van der Waals surface area contributed by atoms with Gasteiger partial charge in [0.2, 0.25) is 0 Å². The van der Waals surface area contributed by atoms with Crippen LogP contribution in [0.15, 0.2) is 276 Å². The molecule has 0 N–H and O–H groups in total. The minimum Gasteiger partial charge on any atom is -0.454 e. The molecule has 17 rings (SSSR count). The van der Waals surface area contributed by atoms with Crippen molar-refractivity contribution >= 4 is 99.5 Å².